The van der Waals surface area contributed by atoms with Gasteiger partial charge in [0.05, 0.1) is 24.0 Å². The van der Waals surface area contributed by atoms with Crippen molar-refractivity contribution < 1.29 is 14.3 Å². The number of nitrogens with zero attached hydrogens (tertiary/aromatic N) is 1. The molecule has 118 valence electrons. The second-order valence-electron chi connectivity index (χ2n) is 4.95. The van der Waals surface area contributed by atoms with E-state index in [-0.39, 0.29) is 5.91 Å². The van der Waals surface area contributed by atoms with Gasteiger partial charge in [-0.2, -0.15) is 0 Å². The lowest BCUT2D eigenvalue weighted by Crippen LogP contribution is -2.11. The van der Waals surface area contributed by atoms with Gasteiger partial charge in [-0.3, -0.25) is 4.79 Å². The molecule has 0 fully saturated rings. The summed E-state index contributed by atoms with van der Waals surface area (Å²) in [6, 6.07) is 12.6. The van der Waals surface area contributed by atoms with E-state index in [9.17, 15) is 4.79 Å². The molecule has 1 heterocycles. The fraction of sp³-hybridized carbons (Fsp3) is 0.176. The van der Waals surface area contributed by atoms with Crippen molar-refractivity contribution in [2.75, 3.05) is 25.6 Å². The van der Waals surface area contributed by atoms with Crippen LogP contribution in [-0.4, -0.2) is 36.2 Å². The van der Waals surface area contributed by atoms with Gasteiger partial charge in [-0.05, 0) is 42.5 Å². The summed E-state index contributed by atoms with van der Waals surface area (Å²) in [6.45, 7) is 1.03. The lowest BCUT2D eigenvalue weighted by Gasteiger charge is -2.08. The molecule has 0 aliphatic heterocycles. The first-order valence-electron chi connectivity index (χ1n) is 7.22. The first-order valence-corrected chi connectivity index (χ1v) is 7.22. The van der Waals surface area contributed by atoms with E-state index in [1.807, 2.05) is 18.2 Å². The number of imidazole rings is 1. The average Bonchev–Trinajstić information content (AvgIpc) is 3.04. The van der Waals surface area contributed by atoms with Gasteiger partial charge in [0.15, 0.2) is 0 Å². The van der Waals surface area contributed by atoms with E-state index in [1.54, 1.807) is 37.7 Å². The fourth-order valence-corrected chi connectivity index (χ4v) is 2.16. The van der Waals surface area contributed by atoms with Crippen molar-refractivity contribution in [3.63, 3.8) is 0 Å². The van der Waals surface area contributed by atoms with E-state index >= 15 is 0 Å². The van der Waals surface area contributed by atoms with E-state index in [1.165, 1.54) is 0 Å². The molecular formula is C17H17N3O3. The second kappa shape index (κ2) is 6.93. The van der Waals surface area contributed by atoms with Crippen LogP contribution in [0.5, 0.6) is 5.75 Å². The van der Waals surface area contributed by atoms with Crippen LogP contribution in [0.2, 0.25) is 0 Å². The number of ether oxygens (including phenoxy) is 2. The number of amides is 1. The number of nitrogens with one attached hydrogen (secondary N) is 2. The number of aromatic amines is 1. The standard InChI is InChI=1S/C17H17N3O3/c1-22-8-9-23-14-5-3-13(4-6-14)20-17(21)12-2-7-15-16(10-12)19-11-18-15/h2-7,10-11H,8-9H2,1H3,(H,18,19)(H,20,21). The van der Waals surface area contributed by atoms with E-state index in [0.29, 0.717) is 24.5 Å². The number of hydrogen-bond acceptors (Lipinski definition) is 4. The van der Waals surface area contributed by atoms with Crippen molar-refractivity contribution in [3.05, 3.63) is 54.4 Å². The lowest BCUT2D eigenvalue weighted by molar-refractivity contribution is 0.102. The van der Waals surface area contributed by atoms with Gasteiger partial charge in [-0.15, -0.1) is 0 Å². The normalized spacial score (nSPS) is 10.7. The molecule has 0 spiro atoms. The summed E-state index contributed by atoms with van der Waals surface area (Å²) in [4.78, 5) is 19.4. The molecule has 3 aromatic rings. The predicted octanol–water partition coefficient (Wildman–Crippen LogP) is 2.84. The molecule has 0 saturated heterocycles. The first kappa shape index (κ1) is 15.1. The molecule has 0 aliphatic carbocycles. The molecule has 0 unspecified atom stereocenters. The molecule has 6 heteroatoms. The van der Waals surface area contributed by atoms with Gasteiger partial charge in [0.2, 0.25) is 0 Å². The highest BCUT2D eigenvalue weighted by Gasteiger charge is 2.08. The minimum atomic E-state index is -0.172. The topological polar surface area (TPSA) is 76.2 Å². The van der Waals surface area contributed by atoms with Crippen LogP contribution in [0.1, 0.15) is 10.4 Å². The van der Waals surface area contributed by atoms with E-state index in [0.717, 1.165) is 16.8 Å². The highest BCUT2D eigenvalue weighted by atomic mass is 16.5. The Labute approximate surface area is 133 Å². The number of fused-ring (bicyclic) bond motifs is 1. The summed E-state index contributed by atoms with van der Waals surface area (Å²) in [5, 5.41) is 2.86. The molecular weight excluding hydrogens is 294 g/mol. The highest BCUT2D eigenvalue weighted by molar-refractivity contribution is 6.05. The zero-order valence-electron chi connectivity index (χ0n) is 12.7. The number of methoxy groups -OCH3 is 1. The van der Waals surface area contributed by atoms with Crippen molar-refractivity contribution >= 4 is 22.6 Å². The maximum absolute atomic E-state index is 12.3. The minimum absolute atomic E-state index is 0.172. The quantitative estimate of drug-likeness (QED) is 0.686. The zero-order chi connectivity index (χ0) is 16.1. The van der Waals surface area contributed by atoms with Crippen LogP contribution in [0.15, 0.2) is 48.8 Å². The third kappa shape index (κ3) is 3.67. The van der Waals surface area contributed by atoms with Gasteiger partial charge in [0, 0.05) is 18.4 Å². The summed E-state index contributed by atoms with van der Waals surface area (Å²) >= 11 is 0. The highest BCUT2D eigenvalue weighted by Crippen LogP contribution is 2.17. The molecule has 23 heavy (non-hydrogen) atoms. The molecule has 1 amide bonds. The number of benzene rings is 2. The van der Waals surface area contributed by atoms with E-state index in [2.05, 4.69) is 15.3 Å². The van der Waals surface area contributed by atoms with E-state index in [4.69, 9.17) is 9.47 Å². The number of anilines is 1. The van der Waals surface area contributed by atoms with E-state index < -0.39 is 0 Å². The van der Waals surface area contributed by atoms with Crippen LogP contribution in [0.4, 0.5) is 5.69 Å². The van der Waals surface area contributed by atoms with Gasteiger partial charge in [0.25, 0.3) is 5.91 Å². The van der Waals surface area contributed by atoms with Crippen LogP contribution >= 0.6 is 0 Å². The molecule has 0 aliphatic rings. The lowest BCUT2D eigenvalue weighted by atomic mass is 10.2. The Bertz CT molecular complexity index is 796. The monoisotopic (exact) mass is 311 g/mol. The summed E-state index contributed by atoms with van der Waals surface area (Å²) in [5.41, 5.74) is 2.94. The summed E-state index contributed by atoms with van der Waals surface area (Å²) in [5.74, 6) is 0.563. The molecule has 0 saturated carbocycles. The number of rotatable bonds is 6. The van der Waals surface area contributed by atoms with Crippen molar-refractivity contribution in [1.29, 1.82) is 0 Å². The van der Waals surface area contributed by atoms with Crippen molar-refractivity contribution in [2.24, 2.45) is 0 Å². The van der Waals surface area contributed by atoms with Crippen LogP contribution in [0.25, 0.3) is 11.0 Å². The third-order valence-electron chi connectivity index (χ3n) is 3.35. The van der Waals surface area contributed by atoms with Crippen LogP contribution < -0.4 is 10.1 Å². The van der Waals surface area contributed by atoms with Crippen molar-refractivity contribution in [3.8, 4) is 5.75 Å². The molecule has 6 nitrogen and oxygen atoms in total. The molecule has 3 rings (SSSR count). The number of H-pyrrole nitrogens is 1. The molecule has 0 atom stereocenters. The summed E-state index contributed by atoms with van der Waals surface area (Å²) in [7, 11) is 1.63. The number of carbonyl (C=O) groups excluding carboxylic acids is 1. The fourth-order valence-electron chi connectivity index (χ4n) is 2.16. The number of aromatic nitrogens is 2. The van der Waals surface area contributed by atoms with Crippen molar-refractivity contribution in [2.45, 2.75) is 0 Å². The second-order valence-corrected chi connectivity index (χ2v) is 4.95. The Kier molecular flexibility index (Phi) is 4.54. The zero-order valence-corrected chi connectivity index (χ0v) is 12.7. The third-order valence-corrected chi connectivity index (χ3v) is 3.35. The van der Waals surface area contributed by atoms with Crippen LogP contribution in [0.3, 0.4) is 0 Å². The Balaban J connectivity index is 1.64. The Morgan fingerprint density at radius 1 is 1.17 bits per heavy atom. The Hall–Kier alpha value is -2.86. The van der Waals surface area contributed by atoms with Crippen molar-refractivity contribution in [1.82, 2.24) is 9.97 Å². The number of carbonyl (C=O) groups is 1. The van der Waals surface area contributed by atoms with Crippen LogP contribution in [-0.2, 0) is 4.74 Å². The Morgan fingerprint density at radius 3 is 2.78 bits per heavy atom. The van der Waals surface area contributed by atoms with Gasteiger partial charge in [-0.25, -0.2) is 4.98 Å². The summed E-state index contributed by atoms with van der Waals surface area (Å²) in [6.07, 6.45) is 1.61. The minimum Gasteiger partial charge on any atom is -0.491 e. The predicted molar refractivity (Wildman–Crippen MR) is 87.9 cm³/mol. The maximum atomic E-state index is 12.3. The van der Waals surface area contributed by atoms with Crippen LogP contribution in [0, 0.1) is 0 Å². The molecule has 2 aromatic carbocycles. The molecule has 2 N–H and O–H groups in total. The largest absolute Gasteiger partial charge is 0.491 e. The first-order chi connectivity index (χ1) is 11.3. The van der Waals surface area contributed by atoms with Gasteiger partial charge < -0.3 is 19.8 Å². The average molecular weight is 311 g/mol. The summed E-state index contributed by atoms with van der Waals surface area (Å²) < 4.78 is 10.4. The molecule has 1 aromatic heterocycles. The number of hydrogen-bond donors (Lipinski definition) is 2. The van der Waals surface area contributed by atoms with Gasteiger partial charge in [-0.1, -0.05) is 0 Å². The SMILES string of the molecule is COCCOc1ccc(NC(=O)c2ccc3nc[nH]c3c2)cc1. The molecule has 0 bridgehead atoms. The van der Waals surface area contributed by atoms with Gasteiger partial charge in [0.1, 0.15) is 12.4 Å². The maximum Gasteiger partial charge on any atom is 0.255 e. The van der Waals surface area contributed by atoms with Gasteiger partial charge >= 0.3 is 0 Å². The molecule has 0 radical (unpaired) electrons. The smallest absolute Gasteiger partial charge is 0.255 e. The Morgan fingerprint density at radius 2 is 2.00 bits per heavy atom.